The highest BCUT2D eigenvalue weighted by molar-refractivity contribution is 5.22. The second-order valence-corrected chi connectivity index (χ2v) is 4.70. The average molecular weight is 237 g/mol. The Labute approximate surface area is 102 Å². The first-order valence-corrected chi connectivity index (χ1v) is 6.29. The van der Waals surface area contributed by atoms with Crippen molar-refractivity contribution in [3.63, 3.8) is 0 Å². The van der Waals surface area contributed by atoms with Gasteiger partial charge in [-0.15, -0.1) is 0 Å². The van der Waals surface area contributed by atoms with Crippen molar-refractivity contribution in [2.24, 2.45) is 5.92 Å². The number of benzene rings is 1. The molecule has 1 aliphatic heterocycles. The second-order valence-electron chi connectivity index (χ2n) is 4.70. The minimum absolute atomic E-state index is 0.152. The van der Waals surface area contributed by atoms with Gasteiger partial charge in [0.15, 0.2) is 0 Å². The molecule has 2 rings (SSSR count). The van der Waals surface area contributed by atoms with Crippen molar-refractivity contribution in [3.05, 3.63) is 35.6 Å². The van der Waals surface area contributed by atoms with Crippen molar-refractivity contribution >= 4 is 0 Å². The summed E-state index contributed by atoms with van der Waals surface area (Å²) in [5, 5.41) is 3.21. The molecule has 1 saturated heterocycles. The molecule has 0 aliphatic carbocycles. The number of ether oxygens (including phenoxy) is 1. The van der Waals surface area contributed by atoms with E-state index < -0.39 is 0 Å². The maximum atomic E-state index is 13.3. The Morgan fingerprint density at radius 2 is 2.41 bits per heavy atom. The standard InChI is InChI=1S/C14H20FNO/c1-16-9-14(12-5-3-7-17-10-12)11-4-2-6-13(15)8-11/h2,4,6,8,12,14,16H,3,5,7,9-10H2,1H3. The number of hydrogen-bond acceptors (Lipinski definition) is 2. The molecular formula is C14H20FNO. The zero-order valence-corrected chi connectivity index (χ0v) is 10.3. The van der Waals surface area contributed by atoms with Gasteiger partial charge in [-0.1, -0.05) is 12.1 Å². The average Bonchev–Trinajstić information content (AvgIpc) is 2.37. The monoisotopic (exact) mass is 237 g/mol. The van der Waals surface area contributed by atoms with Crippen LogP contribution < -0.4 is 5.32 Å². The van der Waals surface area contributed by atoms with Gasteiger partial charge in [0.2, 0.25) is 0 Å². The van der Waals surface area contributed by atoms with Gasteiger partial charge < -0.3 is 10.1 Å². The predicted octanol–water partition coefficient (Wildman–Crippen LogP) is 2.56. The van der Waals surface area contributed by atoms with Crippen LogP contribution in [-0.4, -0.2) is 26.8 Å². The van der Waals surface area contributed by atoms with Crippen LogP contribution in [0.3, 0.4) is 0 Å². The highest BCUT2D eigenvalue weighted by Gasteiger charge is 2.25. The van der Waals surface area contributed by atoms with E-state index in [4.69, 9.17) is 4.74 Å². The van der Waals surface area contributed by atoms with Crippen molar-refractivity contribution in [2.75, 3.05) is 26.8 Å². The largest absolute Gasteiger partial charge is 0.381 e. The summed E-state index contributed by atoms with van der Waals surface area (Å²) in [6.45, 7) is 2.53. The molecule has 17 heavy (non-hydrogen) atoms. The molecule has 0 spiro atoms. The fourth-order valence-electron chi connectivity index (χ4n) is 2.60. The summed E-state index contributed by atoms with van der Waals surface area (Å²) >= 11 is 0. The lowest BCUT2D eigenvalue weighted by atomic mass is 9.82. The van der Waals surface area contributed by atoms with E-state index in [0.29, 0.717) is 11.8 Å². The quantitative estimate of drug-likeness (QED) is 0.869. The molecule has 0 radical (unpaired) electrons. The smallest absolute Gasteiger partial charge is 0.123 e. The number of hydrogen-bond donors (Lipinski definition) is 1. The Morgan fingerprint density at radius 1 is 1.53 bits per heavy atom. The third-order valence-electron chi connectivity index (χ3n) is 3.47. The van der Waals surface area contributed by atoms with E-state index in [1.165, 1.54) is 12.5 Å². The van der Waals surface area contributed by atoms with Crippen LogP contribution in [0.2, 0.25) is 0 Å². The lowest BCUT2D eigenvalue weighted by Gasteiger charge is -2.30. The maximum absolute atomic E-state index is 13.3. The lowest BCUT2D eigenvalue weighted by Crippen LogP contribution is -2.30. The maximum Gasteiger partial charge on any atom is 0.123 e. The molecule has 1 aromatic carbocycles. The Bertz CT molecular complexity index is 350. The molecule has 1 fully saturated rings. The normalized spacial score (nSPS) is 22.4. The summed E-state index contributed by atoms with van der Waals surface area (Å²) in [7, 11) is 1.94. The van der Waals surface area contributed by atoms with Gasteiger partial charge in [-0.25, -0.2) is 4.39 Å². The molecule has 3 heteroatoms. The number of likely N-dealkylation sites (N-methyl/N-ethyl adjacent to an activating group) is 1. The SMILES string of the molecule is CNCC(c1cccc(F)c1)C1CCCOC1. The Balaban J connectivity index is 2.15. The third-order valence-corrected chi connectivity index (χ3v) is 3.47. The van der Waals surface area contributed by atoms with Crippen molar-refractivity contribution in [1.29, 1.82) is 0 Å². The summed E-state index contributed by atoms with van der Waals surface area (Å²) in [6.07, 6.45) is 2.28. The van der Waals surface area contributed by atoms with Crippen LogP contribution in [0.15, 0.2) is 24.3 Å². The van der Waals surface area contributed by atoms with E-state index in [0.717, 1.165) is 31.7 Å². The summed E-state index contributed by atoms with van der Waals surface area (Å²) in [5.74, 6) is 0.689. The van der Waals surface area contributed by atoms with Gasteiger partial charge in [0.1, 0.15) is 5.82 Å². The van der Waals surface area contributed by atoms with E-state index in [9.17, 15) is 4.39 Å². The van der Waals surface area contributed by atoms with Crippen LogP contribution in [0.25, 0.3) is 0 Å². The van der Waals surface area contributed by atoms with Gasteiger partial charge in [-0.2, -0.15) is 0 Å². The van der Waals surface area contributed by atoms with Crippen LogP contribution in [-0.2, 0) is 4.74 Å². The van der Waals surface area contributed by atoms with Gasteiger partial charge >= 0.3 is 0 Å². The fourth-order valence-corrected chi connectivity index (χ4v) is 2.60. The fraction of sp³-hybridized carbons (Fsp3) is 0.571. The third kappa shape index (κ3) is 3.27. The first-order chi connectivity index (χ1) is 8.31. The zero-order chi connectivity index (χ0) is 12.1. The molecule has 1 aromatic rings. The summed E-state index contributed by atoms with van der Waals surface area (Å²) in [4.78, 5) is 0. The molecule has 0 bridgehead atoms. The molecule has 1 N–H and O–H groups in total. The van der Waals surface area contributed by atoms with E-state index in [1.54, 1.807) is 12.1 Å². The molecule has 2 unspecified atom stereocenters. The summed E-state index contributed by atoms with van der Waals surface area (Å²) in [5.41, 5.74) is 1.08. The molecule has 1 aliphatic rings. The predicted molar refractivity (Wildman–Crippen MR) is 66.6 cm³/mol. The highest BCUT2D eigenvalue weighted by atomic mass is 19.1. The zero-order valence-electron chi connectivity index (χ0n) is 10.3. The lowest BCUT2D eigenvalue weighted by molar-refractivity contribution is 0.0441. The van der Waals surface area contributed by atoms with Crippen LogP contribution in [0.4, 0.5) is 4.39 Å². The minimum atomic E-state index is -0.152. The first kappa shape index (κ1) is 12.5. The molecule has 0 saturated carbocycles. The number of rotatable bonds is 4. The molecule has 1 heterocycles. The van der Waals surface area contributed by atoms with E-state index in [2.05, 4.69) is 5.32 Å². The van der Waals surface area contributed by atoms with Gasteiger partial charge in [0, 0.05) is 19.1 Å². The van der Waals surface area contributed by atoms with Crippen LogP contribution >= 0.6 is 0 Å². The second kappa shape index (κ2) is 6.12. The topological polar surface area (TPSA) is 21.3 Å². The summed E-state index contributed by atoms with van der Waals surface area (Å²) in [6, 6.07) is 6.95. The van der Waals surface area contributed by atoms with Gasteiger partial charge in [-0.05, 0) is 43.5 Å². The van der Waals surface area contributed by atoms with Crippen LogP contribution in [0.1, 0.15) is 24.3 Å². The van der Waals surface area contributed by atoms with Crippen LogP contribution in [0, 0.1) is 11.7 Å². The highest BCUT2D eigenvalue weighted by Crippen LogP contribution is 2.30. The van der Waals surface area contributed by atoms with Gasteiger partial charge in [0.25, 0.3) is 0 Å². The first-order valence-electron chi connectivity index (χ1n) is 6.29. The van der Waals surface area contributed by atoms with E-state index >= 15 is 0 Å². The Kier molecular flexibility index (Phi) is 4.51. The van der Waals surface area contributed by atoms with Gasteiger partial charge in [0.05, 0.1) is 6.61 Å². The number of halogens is 1. The van der Waals surface area contributed by atoms with E-state index in [-0.39, 0.29) is 5.82 Å². The molecule has 0 aromatic heterocycles. The molecule has 0 amide bonds. The summed E-state index contributed by atoms with van der Waals surface area (Å²) < 4.78 is 18.8. The van der Waals surface area contributed by atoms with Crippen molar-refractivity contribution < 1.29 is 9.13 Å². The van der Waals surface area contributed by atoms with E-state index in [1.807, 2.05) is 13.1 Å². The molecule has 94 valence electrons. The molecular weight excluding hydrogens is 217 g/mol. The number of nitrogens with one attached hydrogen (secondary N) is 1. The van der Waals surface area contributed by atoms with Crippen molar-refractivity contribution in [3.8, 4) is 0 Å². The van der Waals surface area contributed by atoms with Crippen molar-refractivity contribution in [2.45, 2.75) is 18.8 Å². The Hall–Kier alpha value is -0.930. The molecule has 2 atom stereocenters. The Morgan fingerprint density at radius 3 is 3.06 bits per heavy atom. The minimum Gasteiger partial charge on any atom is -0.381 e. The van der Waals surface area contributed by atoms with Crippen LogP contribution in [0.5, 0.6) is 0 Å². The van der Waals surface area contributed by atoms with Gasteiger partial charge in [-0.3, -0.25) is 0 Å². The van der Waals surface area contributed by atoms with Crippen molar-refractivity contribution in [1.82, 2.24) is 5.32 Å². The molecule has 2 nitrogen and oxygen atoms in total.